The molecule has 0 radical (unpaired) electrons. The van der Waals surface area contributed by atoms with Crippen molar-refractivity contribution in [3.8, 4) is 0 Å². The van der Waals surface area contributed by atoms with Gasteiger partial charge in [-0.05, 0) is 20.8 Å². The number of carbonyl (C=O) groups excluding carboxylic acids is 1. The van der Waals surface area contributed by atoms with E-state index in [0.29, 0.717) is 26.3 Å². The molecule has 0 aromatic carbocycles. The summed E-state index contributed by atoms with van der Waals surface area (Å²) in [6.45, 7) is 7.13. The highest BCUT2D eigenvalue weighted by Gasteiger charge is 2.21. The minimum atomic E-state index is -0.562. The summed E-state index contributed by atoms with van der Waals surface area (Å²) in [6, 6.07) is 0. The summed E-state index contributed by atoms with van der Waals surface area (Å²) in [6.07, 6.45) is -0.433. The van der Waals surface area contributed by atoms with Gasteiger partial charge in [-0.1, -0.05) is 0 Å². The molecule has 0 rings (SSSR count). The van der Waals surface area contributed by atoms with Crippen LogP contribution < -0.4 is 0 Å². The van der Waals surface area contributed by atoms with Gasteiger partial charge in [0, 0.05) is 13.1 Å². The van der Waals surface area contributed by atoms with Crippen LogP contribution in [-0.2, 0) is 14.2 Å². The van der Waals surface area contributed by atoms with Gasteiger partial charge in [-0.3, -0.25) is 0 Å². The summed E-state index contributed by atoms with van der Waals surface area (Å²) in [4.78, 5) is 13.5. The van der Waals surface area contributed by atoms with E-state index in [9.17, 15) is 4.79 Å². The Morgan fingerprint density at radius 3 is 1.75 bits per heavy atom. The maximum absolute atomic E-state index is 12.0. The molecule has 0 heterocycles. The molecule has 0 aliphatic carbocycles. The van der Waals surface area contributed by atoms with Crippen LogP contribution in [0.5, 0.6) is 0 Å². The first kappa shape index (κ1) is 19.1. The molecule has 0 aliphatic rings. The predicted octanol–water partition coefficient (Wildman–Crippen LogP) is 0.241. The fourth-order valence-electron chi connectivity index (χ4n) is 1.30. The molecule has 1 amide bonds. The van der Waals surface area contributed by atoms with Crippen molar-refractivity contribution in [1.82, 2.24) is 4.90 Å². The number of hydrogen-bond acceptors (Lipinski definition) is 6. The van der Waals surface area contributed by atoms with Crippen LogP contribution in [0.15, 0.2) is 0 Å². The first-order valence-corrected chi connectivity index (χ1v) is 6.76. The van der Waals surface area contributed by atoms with Gasteiger partial charge in [0.2, 0.25) is 0 Å². The molecule has 20 heavy (non-hydrogen) atoms. The molecule has 0 bridgehead atoms. The number of hydrogen-bond donors (Lipinski definition) is 2. The van der Waals surface area contributed by atoms with Crippen molar-refractivity contribution in [3.05, 3.63) is 0 Å². The van der Waals surface area contributed by atoms with Gasteiger partial charge in [0.25, 0.3) is 0 Å². The molecule has 7 heteroatoms. The third kappa shape index (κ3) is 11.0. The van der Waals surface area contributed by atoms with E-state index in [-0.39, 0.29) is 26.4 Å². The molecule has 0 fully saturated rings. The van der Waals surface area contributed by atoms with E-state index in [1.54, 1.807) is 20.8 Å². The van der Waals surface area contributed by atoms with Gasteiger partial charge in [0.05, 0.1) is 39.6 Å². The van der Waals surface area contributed by atoms with Crippen LogP contribution in [-0.4, -0.2) is 79.5 Å². The summed E-state index contributed by atoms with van der Waals surface area (Å²) in [5.74, 6) is 0. The van der Waals surface area contributed by atoms with Crippen LogP contribution >= 0.6 is 0 Å². The van der Waals surface area contributed by atoms with Gasteiger partial charge in [0.15, 0.2) is 0 Å². The lowest BCUT2D eigenvalue weighted by molar-refractivity contribution is 0.00602. The van der Waals surface area contributed by atoms with Gasteiger partial charge in [-0.2, -0.15) is 0 Å². The number of rotatable bonds is 10. The lowest BCUT2D eigenvalue weighted by Crippen LogP contribution is -2.40. The molecule has 0 unspecified atom stereocenters. The lowest BCUT2D eigenvalue weighted by atomic mass is 10.2. The van der Waals surface area contributed by atoms with Crippen LogP contribution in [0.25, 0.3) is 0 Å². The summed E-state index contributed by atoms with van der Waals surface area (Å²) in [5, 5.41) is 17.2. The van der Waals surface area contributed by atoms with Crippen LogP contribution in [0.1, 0.15) is 20.8 Å². The van der Waals surface area contributed by atoms with E-state index in [1.807, 2.05) is 0 Å². The third-order valence-electron chi connectivity index (χ3n) is 2.13. The van der Waals surface area contributed by atoms with E-state index in [1.165, 1.54) is 4.90 Å². The normalized spacial score (nSPS) is 11.4. The maximum atomic E-state index is 12.0. The van der Waals surface area contributed by atoms with Crippen LogP contribution in [0, 0.1) is 0 Å². The fourth-order valence-corrected chi connectivity index (χ4v) is 1.30. The Kier molecular flexibility index (Phi) is 10.4. The van der Waals surface area contributed by atoms with Crippen molar-refractivity contribution in [3.63, 3.8) is 0 Å². The molecule has 0 saturated heterocycles. The Labute approximate surface area is 120 Å². The van der Waals surface area contributed by atoms with Gasteiger partial charge in [-0.15, -0.1) is 0 Å². The molecule has 120 valence electrons. The smallest absolute Gasteiger partial charge is 0.410 e. The Balaban J connectivity index is 4.18. The maximum Gasteiger partial charge on any atom is 0.410 e. The molecule has 0 atom stereocenters. The average molecular weight is 293 g/mol. The summed E-state index contributed by atoms with van der Waals surface area (Å²) in [7, 11) is 0. The van der Waals surface area contributed by atoms with Crippen LogP contribution in [0.2, 0.25) is 0 Å². The molecular formula is C13H27NO6. The highest BCUT2D eigenvalue weighted by atomic mass is 16.6. The highest BCUT2D eigenvalue weighted by molar-refractivity contribution is 5.68. The second kappa shape index (κ2) is 10.8. The Morgan fingerprint density at radius 1 is 0.950 bits per heavy atom. The van der Waals surface area contributed by atoms with Crippen LogP contribution in [0.4, 0.5) is 4.79 Å². The summed E-state index contributed by atoms with van der Waals surface area (Å²) in [5.41, 5.74) is -0.562. The third-order valence-corrected chi connectivity index (χ3v) is 2.13. The number of amides is 1. The monoisotopic (exact) mass is 293 g/mol. The number of aliphatic hydroxyl groups excluding tert-OH is 2. The van der Waals surface area contributed by atoms with Crippen molar-refractivity contribution in [2.45, 2.75) is 26.4 Å². The van der Waals surface area contributed by atoms with Gasteiger partial charge in [0.1, 0.15) is 5.60 Å². The fraction of sp³-hybridized carbons (Fsp3) is 0.923. The Bertz CT molecular complexity index is 242. The molecule has 2 N–H and O–H groups in total. The predicted molar refractivity (Wildman–Crippen MR) is 73.6 cm³/mol. The molecule has 0 aliphatic heterocycles. The van der Waals surface area contributed by atoms with Crippen molar-refractivity contribution in [2.24, 2.45) is 0 Å². The largest absolute Gasteiger partial charge is 0.444 e. The zero-order valence-corrected chi connectivity index (χ0v) is 12.6. The zero-order chi connectivity index (χ0) is 15.4. The molecule has 0 aromatic rings. The number of carbonyl (C=O) groups is 1. The van der Waals surface area contributed by atoms with Crippen molar-refractivity contribution in [2.75, 3.05) is 52.7 Å². The molecule has 0 spiro atoms. The van der Waals surface area contributed by atoms with Crippen LogP contribution in [0.3, 0.4) is 0 Å². The Morgan fingerprint density at radius 2 is 1.40 bits per heavy atom. The minimum absolute atomic E-state index is 0.0496. The number of nitrogens with zero attached hydrogens (tertiary/aromatic N) is 1. The SMILES string of the molecule is CC(C)(C)OC(=O)N(CCOCCO)CCOCCO. The van der Waals surface area contributed by atoms with Gasteiger partial charge in [-0.25, -0.2) is 4.79 Å². The van der Waals surface area contributed by atoms with Crippen molar-refractivity contribution < 1.29 is 29.2 Å². The standard InChI is InChI=1S/C13H27NO6/c1-13(2,3)20-12(17)14(4-8-18-10-6-15)5-9-19-11-7-16/h15-16H,4-11H2,1-3H3. The first-order chi connectivity index (χ1) is 9.40. The van der Waals surface area contributed by atoms with E-state index < -0.39 is 11.7 Å². The van der Waals surface area contributed by atoms with Crippen molar-refractivity contribution >= 4 is 6.09 Å². The van der Waals surface area contributed by atoms with E-state index in [2.05, 4.69) is 0 Å². The molecular weight excluding hydrogens is 266 g/mol. The number of aliphatic hydroxyl groups is 2. The average Bonchev–Trinajstić information content (AvgIpc) is 2.34. The molecule has 7 nitrogen and oxygen atoms in total. The van der Waals surface area contributed by atoms with E-state index in [4.69, 9.17) is 24.4 Å². The second-order valence-electron chi connectivity index (χ2n) is 5.14. The Hall–Kier alpha value is -0.890. The number of ether oxygens (including phenoxy) is 3. The lowest BCUT2D eigenvalue weighted by Gasteiger charge is -2.27. The molecule has 0 saturated carbocycles. The first-order valence-electron chi connectivity index (χ1n) is 6.76. The quantitative estimate of drug-likeness (QED) is 0.561. The highest BCUT2D eigenvalue weighted by Crippen LogP contribution is 2.09. The summed E-state index contributed by atoms with van der Waals surface area (Å²) < 4.78 is 15.6. The van der Waals surface area contributed by atoms with Gasteiger partial charge < -0.3 is 29.3 Å². The van der Waals surface area contributed by atoms with Crippen molar-refractivity contribution in [1.29, 1.82) is 0 Å². The zero-order valence-electron chi connectivity index (χ0n) is 12.6. The van der Waals surface area contributed by atoms with Gasteiger partial charge >= 0.3 is 6.09 Å². The summed E-state index contributed by atoms with van der Waals surface area (Å²) >= 11 is 0. The molecule has 0 aromatic heterocycles. The van der Waals surface area contributed by atoms with E-state index in [0.717, 1.165) is 0 Å². The topological polar surface area (TPSA) is 88.5 Å². The second-order valence-corrected chi connectivity index (χ2v) is 5.14. The minimum Gasteiger partial charge on any atom is -0.444 e. The van der Waals surface area contributed by atoms with E-state index >= 15 is 0 Å².